The molecule has 2 aromatic rings. The molecule has 0 aliphatic heterocycles. The fourth-order valence-electron chi connectivity index (χ4n) is 1.80. The second-order valence-electron chi connectivity index (χ2n) is 4.39. The van der Waals surface area contributed by atoms with Crippen LogP contribution in [0.15, 0.2) is 30.6 Å². The Labute approximate surface area is 110 Å². The van der Waals surface area contributed by atoms with Crippen LogP contribution in [0.2, 0.25) is 5.02 Å². The zero-order chi connectivity index (χ0) is 13.1. The van der Waals surface area contributed by atoms with Crippen molar-refractivity contribution < 1.29 is 4.39 Å². The van der Waals surface area contributed by atoms with Crippen LogP contribution >= 0.6 is 11.6 Å². The molecule has 0 saturated heterocycles. The lowest BCUT2D eigenvalue weighted by molar-refractivity contribution is 0.624. The van der Waals surface area contributed by atoms with E-state index in [0.717, 1.165) is 11.4 Å². The third-order valence-electron chi connectivity index (χ3n) is 2.66. The predicted molar refractivity (Wildman–Crippen MR) is 70.1 cm³/mol. The molecule has 1 unspecified atom stereocenters. The fourth-order valence-corrected chi connectivity index (χ4v) is 2.02. The number of benzene rings is 1. The number of hydrogen-bond donors (Lipinski definition) is 1. The molecule has 1 aromatic carbocycles. The number of hydrogen-bond acceptors (Lipinski definition) is 2. The molecule has 1 aromatic heterocycles. The first-order valence-corrected chi connectivity index (χ1v) is 6.13. The van der Waals surface area contributed by atoms with Crippen molar-refractivity contribution in [3.63, 3.8) is 0 Å². The van der Waals surface area contributed by atoms with Gasteiger partial charge in [0.15, 0.2) is 0 Å². The molecule has 0 aliphatic rings. The zero-order valence-corrected chi connectivity index (χ0v) is 10.9. The number of halogens is 2. The molecule has 0 fully saturated rings. The van der Waals surface area contributed by atoms with E-state index < -0.39 is 0 Å². The van der Waals surface area contributed by atoms with Gasteiger partial charge >= 0.3 is 0 Å². The van der Waals surface area contributed by atoms with Gasteiger partial charge in [-0.05, 0) is 24.6 Å². The first-order valence-electron chi connectivity index (χ1n) is 5.76. The summed E-state index contributed by atoms with van der Waals surface area (Å²) in [6.45, 7) is 2.51. The Morgan fingerprint density at radius 1 is 1.50 bits per heavy atom. The maximum Gasteiger partial charge on any atom is 0.124 e. The van der Waals surface area contributed by atoms with Crippen LogP contribution in [-0.4, -0.2) is 15.6 Å². The standard InChI is InChI=1S/C13H15ClFN3/c1-9(16)6-13-17-4-5-18(13)8-10-2-3-11(15)7-12(10)14/h2-5,7,9H,6,8,16H2,1H3. The zero-order valence-electron chi connectivity index (χ0n) is 10.1. The molecular weight excluding hydrogens is 253 g/mol. The van der Waals surface area contributed by atoms with Crippen LogP contribution < -0.4 is 5.73 Å². The topological polar surface area (TPSA) is 43.8 Å². The summed E-state index contributed by atoms with van der Waals surface area (Å²) >= 11 is 6.01. The highest BCUT2D eigenvalue weighted by atomic mass is 35.5. The second-order valence-corrected chi connectivity index (χ2v) is 4.80. The largest absolute Gasteiger partial charge is 0.330 e. The lowest BCUT2D eigenvalue weighted by Crippen LogP contribution is -2.20. The van der Waals surface area contributed by atoms with Crippen LogP contribution in [0, 0.1) is 5.82 Å². The monoisotopic (exact) mass is 267 g/mol. The van der Waals surface area contributed by atoms with E-state index >= 15 is 0 Å². The van der Waals surface area contributed by atoms with Gasteiger partial charge in [0, 0.05) is 29.9 Å². The Bertz CT molecular complexity index is 537. The summed E-state index contributed by atoms with van der Waals surface area (Å²) in [5, 5.41) is 0.426. The number of aromatic nitrogens is 2. The van der Waals surface area contributed by atoms with Crippen molar-refractivity contribution in [1.82, 2.24) is 9.55 Å². The van der Waals surface area contributed by atoms with E-state index in [1.54, 1.807) is 12.3 Å². The number of nitrogens with zero attached hydrogens (tertiary/aromatic N) is 2. The first kappa shape index (κ1) is 13.1. The van der Waals surface area contributed by atoms with Crippen molar-refractivity contribution in [2.75, 3.05) is 0 Å². The van der Waals surface area contributed by atoms with Gasteiger partial charge in [0.25, 0.3) is 0 Å². The lowest BCUT2D eigenvalue weighted by atomic mass is 10.2. The van der Waals surface area contributed by atoms with Crippen molar-refractivity contribution in [2.24, 2.45) is 5.73 Å². The Hall–Kier alpha value is -1.39. The van der Waals surface area contributed by atoms with Crippen molar-refractivity contribution in [3.05, 3.63) is 52.8 Å². The predicted octanol–water partition coefficient (Wildman–Crippen LogP) is 2.61. The summed E-state index contributed by atoms with van der Waals surface area (Å²) in [6, 6.07) is 4.46. The van der Waals surface area contributed by atoms with Crippen LogP contribution in [0.1, 0.15) is 18.3 Å². The van der Waals surface area contributed by atoms with Gasteiger partial charge in [-0.3, -0.25) is 0 Å². The van der Waals surface area contributed by atoms with Crippen molar-refractivity contribution in [2.45, 2.75) is 25.9 Å². The summed E-state index contributed by atoms with van der Waals surface area (Å²) in [7, 11) is 0. The van der Waals surface area contributed by atoms with Crippen molar-refractivity contribution >= 4 is 11.6 Å². The van der Waals surface area contributed by atoms with E-state index in [-0.39, 0.29) is 11.9 Å². The molecule has 0 radical (unpaired) electrons. The highest BCUT2D eigenvalue weighted by Crippen LogP contribution is 2.19. The Morgan fingerprint density at radius 2 is 2.28 bits per heavy atom. The van der Waals surface area contributed by atoms with Gasteiger partial charge in [0.05, 0.1) is 6.54 Å². The van der Waals surface area contributed by atoms with E-state index in [1.165, 1.54) is 12.1 Å². The minimum absolute atomic E-state index is 0.0508. The van der Waals surface area contributed by atoms with Gasteiger partial charge in [-0.25, -0.2) is 9.37 Å². The molecule has 2 N–H and O–H groups in total. The minimum Gasteiger partial charge on any atom is -0.330 e. The number of imidazole rings is 1. The molecule has 0 spiro atoms. The van der Waals surface area contributed by atoms with Crippen molar-refractivity contribution in [3.8, 4) is 0 Å². The van der Waals surface area contributed by atoms with E-state index in [2.05, 4.69) is 4.98 Å². The molecule has 0 aliphatic carbocycles. The molecule has 0 bridgehead atoms. The Balaban J connectivity index is 2.21. The summed E-state index contributed by atoms with van der Waals surface area (Å²) in [6.07, 6.45) is 4.30. The molecule has 5 heteroatoms. The normalized spacial score (nSPS) is 12.7. The molecular formula is C13H15ClFN3. The van der Waals surface area contributed by atoms with Gasteiger partial charge in [-0.1, -0.05) is 17.7 Å². The minimum atomic E-state index is -0.329. The molecule has 2 rings (SSSR count). The van der Waals surface area contributed by atoms with E-state index in [1.807, 2.05) is 17.7 Å². The highest BCUT2D eigenvalue weighted by molar-refractivity contribution is 6.31. The smallest absolute Gasteiger partial charge is 0.124 e. The maximum absolute atomic E-state index is 13.0. The quantitative estimate of drug-likeness (QED) is 0.925. The summed E-state index contributed by atoms with van der Waals surface area (Å²) in [4.78, 5) is 4.27. The molecule has 96 valence electrons. The van der Waals surface area contributed by atoms with E-state index in [9.17, 15) is 4.39 Å². The molecule has 0 amide bonds. The van der Waals surface area contributed by atoms with Crippen LogP contribution in [0.5, 0.6) is 0 Å². The molecule has 1 heterocycles. The van der Waals surface area contributed by atoms with Gasteiger partial charge < -0.3 is 10.3 Å². The Morgan fingerprint density at radius 3 is 2.94 bits per heavy atom. The fraction of sp³-hybridized carbons (Fsp3) is 0.308. The SMILES string of the molecule is CC(N)Cc1nccn1Cc1ccc(F)cc1Cl. The van der Waals surface area contributed by atoms with Crippen LogP contribution in [0.25, 0.3) is 0 Å². The molecule has 18 heavy (non-hydrogen) atoms. The van der Waals surface area contributed by atoms with Crippen LogP contribution in [-0.2, 0) is 13.0 Å². The third kappa shape index (κ3) is 3.09. The Kier molecular flexibility index (Phi) is 3.99. The van der Waals surface area contributed by atoms with E-state index in [4.69, 9.17) is 17.3 Å². The van der Waals surface area contributed by atoms with Gasteiger partial charge in [0.2, 0.25) is 0 Å². The first-order chi connectivity index (χ1) is 8.56. The van der Waals surface area contributed by atoms with Crippen LogP contribution in [0.4, 0.5) is 4.39 Å². The number of nitrogens with two attached hydrogens (primary N) is 1. The second kappa shape index (κ2) is 5.50. The van der Waals surface area contributed by atoms with E-state index in [0.29, 0.717) is 18.0 Å². The van der Waals surface area contributed by atoms with Crippen molar-refractivity contribution in [1.29, 1.82) is 0 Å². The summed E-state index contributed by atoms with van der Waals surface area (Å²) in [5.41, 5.74) is 6.63. The van der Waals surface area contributed by atoms with Gasteiger partial charge in [-0.15, -0.1) is 0 Å². The van der Waals surface area contributed by atoms with Gasteiger partial charge in [-0.2, -0.15) is 0 Å². The molecule has 0 saturated carbocycles. The lowest BCUT2D eigenvalue weighted by Gasteiger charge is -2.11. The highest BCUT2D eigenvalue weighted by Gasteiger charge is 2.08. The average molecular weight is 268 g/mol. The third-order valence-corrected chi connectivity index (χ3v) is 3.01. The van der Waals surface area contributed by atoms with Crippen LogP contribution in [0.3, 0.4) is 0 Å². The molecule has 1 atom stereocenters. The average Bonchev–Trinajstić information content (AvgIpc) is 2.69. The van der Waals surface area contributed by atoms with Gasteiger partial charge in [0.1, 0.15) is 11.6 Å². The summed E-state index contributed by atoms with van der Waals surface area (Å²) < 4.78 is 14.9. The summed E-state index contributed by atoms with van der Waals surface area (Å²) in [5.74, 6) is 0.579. The number of rotatable bonds is 4. The maximum atomic E-state index is 13.0. The molecule has 3 nitrogen and oxygen atoms in total.